The van der Waals surface area contributed by atoms with Crippen molar-refractivity contribution < 1.29 is 9.90 Å². The summed E-state index contributed by atoms with van der Waals surface area (Å²) in [6.07, 6.45) is 0. The quantitative estimate of drug-likeness (QED) is 0.495. The average molecular weight is 320 g/mol. The number of nitriles is 1. The van der Waals surface area contributed by atoms with Crippen LogP contribution in [0.1, 0.15) is 20.8 Å². The van der Waals surface area contributed by atoms with Crippen LogP contribution in [0.3, 0.4) is 0 Å². The number of phenolic OH excluding ortho intramolecular Hbond substituents is 1. The second-order valence-corrected chi connectivity index (χ2v) is 7.71. The molecule has 0 aliphatic carbocycles. The highest BCUT2D eigenvalue weighted by atomic mass is 32.2. The topological polar surface area (TPSA) is 90.5 Å². The lowest BCUT2D eigenvalue weighted by molar-refractivity contribution is -0.122. The number of benzene rings is 1. The Balaban J connectivity index is 2.54. The summed E-state index contributed by atoms with van der Waals surface area (Å²) in [7, 11) is 0. The molecule has 108 valence electrons. The van der Waals surface area contributed by atoms with Crippen LogP contribution in [0.15, 0.2) is 36.9 Å². The number of allylic oxidation sites excluding steroid dienone is 1. The van der Waals surface area contributed by atoms with Gasteiger partial charge in [-0.3, -0.25) is 4.79 Å². The Kier molecular flexibility index (Phi) is 4.12. The van der Waals surface area contributed by atoms with Gasteiger partial charge in [0.2, 0.25) is 0 Å². The number of fused-ring (bicyclic) bond motifs is 1. The second kappa shape index (κ2) is 5.54. The maximum absolute atomic E-state index is 12.3. The van der Waals surface area contributed by atoms with E-state index in [0.717, 1.165) is 23.5 Å². The van der Waals surface area contributed by atoms with Crippen molar-refractivity contribution in [3.8, 4) is 11.8 Å². The van der Waals surface area contributed by atoms with Gasteiger partial charge in [0.1, 0.15) is 23.1 Å². The molecule has 0 saturated heterocycles. The van der Waals surface area contributed by atoms with Crippen LogP contribution >= 0.6 is 23.5 Å². The standard InChI is InChI=1S/C14H12N2O3S2/c1-14(2,3)12(18)7(6-15)13-20-10-8(16-19)4-5-9(17)11(10)21-13/h4-5,17H,1-3H3/b13-7-. The van der Waals surface area contributed by atoms with E-state index in [1.807, 2.05) is 6.07 Å². The lowest BCUT2D eigenvalue weighted by atomic mass is 9.87. The molecule has 0 radical (unpaired) electrons. The minimum atomic E-state index is -0.679. The second-order valence-electron chi connectivity index (χ2n) is 5.41. The fourth-order valence-electron chi connectivity index (χ4n) is 1.68. The molecule has 1 aliphatic heterocycles. The number of carbonyl (C=O) groups excluding carboxylic acids is 1. The lowest BCUT2D eigenvalue weighted by Gasteiger charge is -2.16. The monoisotopic (exact) mass is 320 g/mol. The summed E-state index contributed by atoms with van der Waals surface area (Å²) in [6.45, 7) is 5.21. The molecule has 0 amide bonds. The summed E-state index contributed by atoms with van der Waals surface area (Å²) in [5.41, 5.74) is -0.442. The molecule has 0 aromatic heterocycles. The van der Waals surface area contributed by atoms with Crippen LogP contribution in [0.2, 0.25) is 0 Å². The Morgan fingerprint density at radius 3 is 2.43 bits per heavy atom. The molecule has 1 aromatic carbocycles. The maximum Gasteiger partial charge on any atom is 0.180 e. The number of nitrogens with zero attached hydrogens (tertiary/aromatic N) is 2. The first-order valence-corrected chi connectivity index (χ1v) is 7.67. The van der Waals surface area contributed by atoms with Gasteiger partial charge in [-0.15, -0.1) is 4.91 Å². The van der Waals surface area contributed by atoms with E-state index in [4.69, 9.17) is 0 Å². The molecule has 1 aromatic rings. The van der Waals surface area contributed by atoms with Crippen LogP contribution in [0.4, 0.5) is 5.69 Å². The first-order valence-electron chi connectivity index (χ1n) is 6.03. The van der Waals surface area contributed by atoms with Gasteiger partial charge in [0.15, 0.2) is 5.78 Å². The third-order valence-electron chi connectivity index (χ3n) is 2.78. The Labute approximate surface area is 130 Å². The van der Waals surface area contributed by atoms with Crippen LogP contribution in [0.25, 0.3) is 0 Å². The van der Waals surface area contributed by atoms with Crippen LogP contribution in [0, 0.1) is 21.7 Å². The van der Waals surface area contributed by atoms with E-state index in [1.165, 1.54) is 12.1 Å². The van der Waals surface area contributed by atoms with Gasteiger partial charge < -0.3 is 5.11 Å². The molecule has 7 heteroatoms. The van der Waals surface area contributed by atoms with Crippen molar-refractivity contribution in [2.75, 3.05) is 0 Å². The fraction of sp³-hybridized carbons (Fsp3) is 0.286. The smallest absolute Gasteiger partial charge is 0.180 e. The molecule has 0 unspecified atom stereocenters. The molecule has 21 heavy (non-hydrogen) atoms. The van der Waals surface area contributed by atoms with Gasteiger partial charge in [-0.25, -0.2) is 0 Å². The van der Waals surface area contributed by atoms with Gasteiger partial charge in [0.05, 0.1) is 14.0 Å². The van der Waals surface area contributed by atoms with E-state index in [2.05, 4.69) is 5.18 Å². The zero-order chi connectivity index (χ0) is 15.8. The van der Waals surface area contributed by atoms with Crippen LogP contribution in [-0.4, -0.2) is 10.9 Å². The van der Waals surface area contributed by atoms with Crippen molar-refractivity contribution in [1.82, 2.24) is 0 Å². The fourth-order valence-corrected chi connectivity index (χ4v) is 4.23. The predicted octanol–water partition coefficient (Wildman–Crippen LogP) is 4.34. The van der Waals surface area contributed by atoms with Crippen LogP contribution < -0.4 is 0 Å². The van der Waals surface area contributed by atoms with E-state index in [0.29, 0.717) is 14.0 Å². The van der Waals surface area contributed by atoms with E-state index < -0.39 is 5.41 Å². The normalized spacial score (nSPS) is 16.1. The summed E-state index contributed by atoms with van der Waals surface area (Å²) in [6, 6.07) is 4.73. The molecular weight excluding hydrogens is 308 g/mol. The number of Topliss-reactive ketones (excluding diaryl/α,β-unsaturated/α-hetero) is 1. The number of rotatable bonds is 2. The summed E-state index contributed by atoms with van der Waals surface area (Å²) in [4.78, 5) is 24.1. The van der Waals surface area contributed by atoms with Gasteiger partial charge >= 0.3 is 0 Å². The van der Waals surface area contributed by atoms with E-state index >= 15 is 0 Å². The molecule has 0 bridgehead atoms. The SMILES string of the molecule is CC(C)(C)C(=O)/C(C#N)=C1\Sc2c(O)ccc(N=O)c2S1. The predicted molar refractivity (Wildman–Crippen MR) is 82.4 cm³/mol. The van der Waals surface area contributed by atoms with Gasteiger partial charge in [-0.2, -0.15) is 5.26 Å². The number of nitroso groups, excluding NO2 is 1. The third kappa shape index (κ3) is 2.82. The number of phenols is 1. The molecule has 2 rings (SSSR count). The largest absolute Gasteiger partial charge is 0.507 e. The number of ketones is 1. The first kappa shape index (κ1) is 15.6. The van der Waals surface area contributed by atoms with Gasteiger partial charge in [0.25, 0.3) is 0 Å². The number of aromatic hydroxyl groups is 1. The van der Waals surface area contributed by atoms with Crippen molar-refractivity contribution in [3.63, 3.8) is 0 Å². The summed E-state index contributed by atoms with van der Waals surface area (Å²) >= 11 is 2.24. The zero-order valence-electron chi connectivity index (χ0n) is 11.6. The van der Waals surface area contributed by atoms with E-state index in [9.17, 15) is 20.1 Å². The Hall–Kier alpha value is -1.78. The minimum Gasteiger partial charge on any atom is -0.507 e. The van der Waals surface area contributed by atoms with E-state index in [1.54, 1.807) is 20.8 Å². The summed E-state index contributed by atoms with van der Waals surface area (Å²) in [5.74, 6) is -0.265. The molecule has 1 aliphatic rings. The van der Waals surface area contributed by atoms with E-state index in [-0.39, 0.29) is 22.8 Å². The molecule has 0 atom stereocenters. The summed E-state index contributed by atoms with van der Waals surface area (Å²) < 4.78 is 0.471. The van der Waals surface area contributed by atoms with Gasteiger partial charge in [-0.1, -0.05) is 44.3 Å². The molecule has 1 heterocycles. The average Bonchev–Trinajstić information content (AvgIpc) is 2.84. The first-order chi connectivity index (χ1) is 9.79. The Morgan fingerprint density at radius 1 is 1.29 bits per heavy atom. The Bertz CT molecular complexity index is 712. The molecule has 5 nitrogen and oxygen atoms in total. The van der Waals surface area contributed by atoms with Crippen LogP contribution in [-0.2, 0) is 4.79 Å². The molecule has 0 spiro atoms. The molecule has 1 N–H and O–H groups in total. The van der Waals surface area contributed by atoms with Crippen molar-refractivity contribution in [2.45, 2.75) is 30.6 Å². The highest BCUT2D eigenvalue weighted by Gasteiger charge is 2.33. The van der Waals surface area contributed by atoms with Crippen molar-refractivity contribution in [3.05, 3.63) is 26.9 Å². The van der Waals surface area contributed by atoms with Gasteiger partial charge in [-0.05, 0) is 17.3 Å². The minimum absolute atomic E-state index is 0.00500. The van der Waals surface area contributed by atoms with Crippen molar-refractivity contribution in [1.29, 1.82) is 5.26 Å². The highest BCUT2D eigenvalue weighted by molar-refractivity contribution is 8.24. The van der Waals surface area contributed by atoms with Crippen molar-refractivity contribution >= 4 is 35.0 Å². The number of hydrogen-bond donors (Lipinski definition) is 1. The van der Waals surface area contributed by atoms with Crippen LogP contribution in [0.5, 0.6) is 5.75 Å². The molecular formula is C14H12N2O3S2. The highest BCUT2D eigenvalue weighted by Crippen LogP contribution is 2.58. The molecule has 0 fully saturated rings. The maximum atomic E-state index is 12.3. The lowest BCUT2D eigenvalue weighted by Crippen LogP contribution is -2.21. The number of thioether (sulfide) groups is 2. The molecule has 0 saturated carbocycles. The van der Waals surface area contributed by atoms with Crippen molar-refractivity contribution in [2.24, 2.45) is 10.6 Å². The zero-order valence-corrected chi connectivity index (χ0v) is 13.3. The number of carbonyl (C=O) groups is 1. The number of hydrogen-bond acceptors (Lipinski definition) is 7. The Morgan fingerprint density at radius 2 is 1.90 bits per heavy atom. The third-order valence-corrected chi connectivity index (χ3v) is 5.43. The van der Waals surface area contributed by atoms with Gasteiger partial charge in [0, 0.05) is 5.41 Å². The summed E-state index contributed by atoms with van der Waals surface area (Å²) in [5, 5.41) is 22.1.